The SMILES string of the molecule is COCCOCCOc1c(Nc2nc3ccccc3nc2N)cc(OC)cc1OC. The number of nitrogen functional groups attached to an aromatic ring is 1. The molecule has 0 bridgehead atoms. The Morgan fingerprint density at radius 3 is 2.33 bits per heavy atom. The molecule has 0 aliphatic carbocycles. The van der Waals surface area contributed by atoms with Crippen molar-refractivity contribution in [2.24, 2.45) is 0 Å². The first-order valence-electron chi connectivity index (χ1n) is 9.41. The van der Waals surface area contributed by atoms with Crippen molar-refractivity contribution in [3.8, 4) is 17.2 Å². The lowest BCUT2D eigenvalue weighted by atomic mass is 10.2. The van der Waals surface area contributed by atoms with Crippen LogP contribution in [0.2, 0.25) is 0 Å². The molecule has 0 aliphatic rings. The van der Waals surface area contributed by atoms with Crippen molar-refractivity contribution in [1.82, 2.24) is 9.97 Å². The van der Waals surface area contributed by atoms with Crippen molar-refractivity contribution in [3.05, 3.63) is 36.4 Å². The van der Waals surface area contributed by atoms with Gasteiger partial charge in [-0.25, -0.2) is 9.97 Å². The summed E-state index contributed by atoms with van der Waals surface area (Å²) in [7, 11) is 4.76. The summed E-state index contributed by atoms with van der Waals surface area (Å²) in [5.74, 6) is 2.25. The van der Waals surface area contributed by atoms with E-state index < -0.39 is 0 Å². The number of nitrogens with zero attached hydrogens (tertiary/aromatic N) is 2. The molecule has 0 amide bonds. The van der Waals surface area contributed by atoms with Gasteiger partial charge in [0.25, 0.3) is 0 Å². The summed E-state index contributed by atoms with van der Waals surface area (Å²) in [4.78, 5) is 8.99. The number of hydrogen-bond donors (Lipinski definition) is 2. The number of nitrogens with two attached hydrogens (primary N) is 1. The maximum Gasteiger partial charge on any atom is 0.185 e. The van der Waals surface area contributed by atoms with Gasteiger partial charge in [-0.1, -0.05) is 12.1 Å². The van der Waals surface area contributed by atoms with Gasteiger partial charge in [0, 0.05) is 19.2 Å². The highest BCUT2D eigenvalue weighted by atomic mass is 16.5. The van der Waals surface area contributed by atoms with Crippen LogP contribution in [-0.2, 0) is 9.47 Å². The highest BCUT2D eigenvalue weighted by Crippen LogP contribution is 2.41. The first kappa shape index (κ1) is 21.4. The Morgan fingerprint density at radius 1 is 0.900 bits per heavy atom. The Bertz CT molecular complexity index is 983. The number of methoxy groups -OCH3 is 3. The summed E-state index contributed by atoms with van der Waals surface area (Å²) in [6.45, 7) is 1.74. The second-order valence-electron chi connectivity index (χ2n) is 6.23. The van der Waals surface area contributed by atoms with Crippen LogP contribution in [-0.4, -0.2) is 57.7 Å². The van der Waals surface area contributed by atoms with Gasteiger partial charge in [-0.3, -0.25) is 0 Å². The van der Waals surface area contributed by atoms with Gasteiger partial charge < -0.3 is 34.7 Å². The zero-order chi connectivity index (χ0) is 21.3. The molecule has 0 saturated heterocycles. The van der Waals surface area contributed by atoms with Crippen LogP contribution in [0, 0.1) is 0 Å². The molecule has 0 spiro atoms. The Hall–Kier alpha value is -3.30. The van der Waals surface area contributed by atoms with E-state index in [0.717, 1.165) is 5.52 Å². The van der Waals surface area contributed by atoms with Crippen LogP contribution < -0.4 is 25.3 Å². The maximum atomic E-state index is 6.12. The van der Waals surface area contributed by atoms with E-state index in [9.17, 15) is 0 Å². The second-order valence-corrected chi connectivity index (χ2v) is 6.23. The van der Waals surface area contributed by atoms with Gasteiger partial charge in [0.15, 0.2) is 23.1 Å². The Morgan fingerprint density at radius 2 is 1.63 bits per heavy atom. The number of rotatable bonds is 11. The molecule has 3 N–H and O–H groups in total. The molecule has 0 unspecified atom stereocenters. The average Bonchev–Trinajstić information content (AvgIpc) is 2.77. The molecule has 0 atom stereocenters. The van der Waals surface area contributed by atoms with E-state index in [1.807, 2.05) is 24.3 Å². The van der Waals surface area contributed by atoms with Crippen molar-refractivity contribution in [2.45, 2.75) is 0 Å². The predicted octanol–water partition coefficient (Wildman–Crippen LogP) is 3.01. The molecular formula is C21H26N4O5. The average molecular weight is 414 g/mol. The molecule has 0 aliphatic heterocycles. The number of hydrogen-bond acceptors (Lipinski definition) is 9. The Labute approximate surface area is 175 Å². The highest BCUT2D eigenvalue weighted by molar-refractivity contribution is 5.82. The van der Waals surface area contributed by atoms with E-state index in [0.29, 0.717) is 60.7 Å². The summed E-state index contributed by atoms with van der Waals surface area (Å²) in [6, 6.07) is 11.0. The quantitative estimate of drug-likeness (QED) is 0.457. The molecule has 1 heterocycles. The molecule has 1 aromatic heterocycles. The van der Waals surface area contributed by atoms with Crippen LogP contribution in [0.3, 0.4) is 0 Å². The Kier molecular flexibility index (Phi) is 7.47. The van der Waals surface area contributed by atoms with Crippen molar-refractivity contribution in [1.29, 1.82) is 0 Å². The number of ether oxygens (including phenoxy) is 5. The van der Waals surface area contributed by atoms with Crippen molar-refractivity contribution >= 4 is 28.4 Å². The number of fused-ring (bicyclic) bond motifs is 1. The zero-order valence-corrected chi connectivity index (χ0v) is 17.3. The third-order valence-corrected chi connectivity index (χ3v) is 4.24. The van der Waals surface area contributed by atoms with Gasteiger partial charge >= 0.3 is 0 Å². The lowest BCUT2D eigenvalue weighted by Gasteiger charge is -2.18. The molecular weight excluding hydrogens is 388 g/mol. The van der Waals surface area contributed by atoms with Gasteiger partial charge in [0.1, 0.15) is 12.4 Å². The highest BCUT2D eigenvalue weighted by Gasteiger charge is 2.17. The fourth-order valence-corrected chi connectivity index (χ4v) is 2.77. The molecule has 0 radical (unpaired) electrons. The van der Waals surface area contributed by atoms with Gasteiger partial charge in [-0.2, -0.15) is 0 Å². The first-order valence-corrected chi connectivity index (χ1v) is 9.41. The predicted molar refractivity (Wildman–Crippen MR) is 115 cm³/mol. The maximum absolute atomic E-state index is 6.12. The normalized spacial score (nSPS) is 10.8. The minimum absolute atomic E-state index is 0.268. The largest absolute Gasteiger partial charge is 0.497 e. The minimum atomic E-state index is 0.268. The molecule has 3 aromatic rings. The van der Waals surface area contributed by atoms with Crippen LogP contribution >= 0.6 is 0 Å². The van der Waals surface area contributed by atoms with Crippen molar-refractivity contribution in [3.63, 3.8) is 0 Å². The van der Waals surface area contributed by atoms with Crippen LogP contribution in [0.15, 0.2) is 36.4 Å². The third-order valence-electron chi connectivity index (χ3n) is 4.24. The monoisotopic (exact) mass is 414 g/mol. The second kappa shape index (κ2) is 10.5. The number of anilines is 3. The number of para-hydroxylation sites is 2. The summed E-state index contributed by atoms with van der Waals surface area (Å²) < 4.78 is 27.2. The fourth-order valence-electron chi connectivity index (χ4n) is 2.77. The number of nitrogens with one attached hydrogen (secondary N) is 1. The standard InChI is InChI=1S/C21H26N4O5/c1-26-8-9-29-10-11-30-19-17(12-14(27-2)13-18(19)28-3)25-21-20(22)23-15-6-4-5-7-16(15)24-21/h4-7,12-13H,8-11H2,1-3H3,(H2,22,23)(H,24,25). The topological polar surface area (TPSA) is 110 Å². The molecule has 3 rings (SSSR count). The third kappa shape index (κ3) is 5.19. The summed E-state index contributed by atoms with van der Waals surface area (Å²) >= 11 is 0. The summed E-state index contributed by atoms with van der Waals surface area (Å²) in [5, 5.41) is 3.20. The van der Waals surface area contributed by atoms with E-state index in [2.05, 4.69) is 15.3 Å². The molecule has 9 nitrogen and oxygen atoms in total. The summed E-state index contributed by atoms with van der Waals surface area (Å²) in [6.07, 6.45) is 0. The zero-order valence-electron chi connectivity index (χ0n) is 17.3. The van der Waals surface area contributed by atoms with Crippen LogP contribution in [0.5, 0.6) is 17.2 Å². The van der Waals surface area contributed by atoms with Crippen LogP contribution in [0.4, 0.5) is 17.3 Å². The smallest absolute Gasteiger partial charge is 0.185 e. The first-order chi connectivity index (χ1) is 14.7. The van der Waals surface area contributed by atoms with Gasteiger partial charge in [-0.05, 0) is 12.1 Å². The van der Waals surface area contributed by atoms with Crippen molar-refractivity contribution in [2.75, 3.05) is 58.8 Å². The van der Waals surface area contributed by atoms with Gasteiger partial charge in [-0.15, -0.1) is 0 Å². The van der Waals surface area contributed by atoms with E-state index in [-0.39, 0.29) is 5.82 Å². The fraction of sp³-hybridized carbons (Fsp3) is 0.333. The Balaban J connectivity index is 1.87. The lowest BCUT2D eigenvalue weighted by molar-refractivity contribution is 0.0541. The van der Waals surface area contributed by atoms with E-state index >= 15 is 0 Å². The summed E-state index contributed by atoms with van der Waals surface area (Å²) in [5.41, 5.74) is 8.14. The van der Waals surface area contributed by atoms with Crippen molar-refractivity contribution < 1.29 is 23.7 Å². The molecule has 160 valence electrons. The van der Waals surface area contributed by atoms with E-state index in [1.165, 1.54) is 0 Å². The van der Waals surface area contributed by atoms with E-state index in [4.69, 9.17) is 29.4 Å². The molecule has 30 heavy (non-hydrogen) atoms. The molecule has 0 saturated carbocycles. The molecule has 9 heteroatoms. The van der Waals surface area contributed by atoms with Crippen LogP contribution in [0.25, 0.3) is 11.0 Å². The minimum Gasteiger partial charge on any atom is -0.497 e. The lowest BCUT2D eigenvalue weighted by Crippen LogP contribution is -2.11. The molecule has 0 fully saturated rings. The molecule has 2 aromatic carbocycles. The van der Waals surface area contributed by atoms with Crippen LogP contribution in [0.1, 0.15) is 0 Å². The number of benzene rings is 2. The van der Waals surface area contributed by atoms with Gasteiger partial charge in [0.2, 0.25) is 0 Å². The van der Waals surface area contributed by atoms with Gasteiger partial charge in [0.05, 0.1) is 50.8 Å². The van der Waals surface area contributed by atoms with E-state index in [1.54, 1.807) is 33.5 Å². The number of aromatic nitrogens is 2.